The summed E-state index contributed by atoms with van der Waals surface area (Å²) in [5.74, 6) is 0.0938. The van der Waals surface area contributed by atoms with Crippen LogP contribution in [0.5, 0.6) is 17.2 Å². The minimum Gasteiger partial charge on any atom is -0.493 e. The lowest BCUT2D eigenvalue weighted by molar-refractivity contribution is -0.123. The molecule has 1 amide bonds. The van der Waals surface area contributed by atoms with Crippen LogP contribution in [-0.2, 0) is 4.79 Å². The SMILES string of the molecule is COc1cc(C=NNC(=O)COc2ccccc2Cl)ccc1OC(=O)c1ccc(C)cc1. The number of rotatable bonds is 8. The van der Waals surface area contributed by atoms with Gasteiger partial charge in [0.25, 0.3) is 5.91 Å². The van der Waals surface area contributed by atoms with Crippen LogP contribution in [0.2, 0.25) is 5.02 Å². The first-order valence-electron chi connectivity index (χ1n) is 9.62. The van der Waals surface area contributed by atoms with Crippen LogP contribution < -0.4 is 19.6 Å². The minimum atomic E-state index is -0.490. The zero-order valence-electron chi connectivity index (χ0n) is 17.5. The first-order chi connectivity index (χ1) is 15.5. The van der Waals surface area contributed by atoms with E-state index >= 15 is 0 Å². The number of ether oxygens (including phenoxy) is 3. The molecule has 0 spiro atoms. The van der Waals surface area contributed by atoms with Crippen molar-refractivity contribution in [2.24, 2.45) is 5.10 Å². The number of carbonyl (C=O) groups is 2. The van der Waals surface area contributed by atoms with E-state index in [-0.39, 0.29) is 12.4 Å². The molecule has 0 bridgehead atoms. The van der Waals surface area contributed by atoms with Crippen LogP contribution in [0.1, 0.15) is 21.5 Å². The maximum Gasteiger partial charge on any atom is 0.343 e. The number of para-hydroxylation sites is 1. The van der Waals surface area contributed by atoms with Crippen molar-refractivity contribution in [3.63, 3.8) is 0 Å². The third kappa shape index (κ3) is 6.33. The predicted molar refractivity (Wildman–Crippen MR) is 122 cm³/mol. The fourth-order valence-electron chi connectivity index (χ4n) is 2.61. The molecule has 3 aromatic rings. The monoisotopic (exact) mass is 452 g/mol. The highest BCUT2D eigenvalue weighted by Gasteiger charge is 2.13. The van der Waals surface area contributed by atoms with Crippen LogP contribution in [0, 0.1) is 6.92 Å². The van der Waals surface area contributed by atoms with Gasteiger partial charge in [-0.2, -0.15) is 5.10 Å². The molecule has 0 saturated heterocycles. The van der Waals surface area contributed by atoms with Gasteiger partial charge < -0.3 is 14.2 Å². The van der Waals surface area contributed by atoms with Crippen LogP contribution in [0.15, 0.2) is 71.8 Å². The fraction of sp³-hybridized carbons (Fsp3) is 0.125. The van der Waals surface area contributed by atoms with Gasteiger partial charge in [0.1, 0.15) is 5.75 Å². The van der Waals surface area contributed by atoms with E-state index in [4.69, 9.17) is 25.8 Å². The molecule has 0 atom stereocenters. The van der Waals surface area contributed by atoms with E-state index in [1.54, 1.807) is 54.6 Å². The van der Waals surface area contributed by atoms with Gasteiger partial charge in [0, 0.05) is 0 Å². The number of esters is 1. The van der Waals surface area contributed by atoms with Crippen molar-refractivity contribution in [2.45, 2.75) is 6.92 Å². The van der Waals surface area contributed by atoms with Crippen LogP contribution in [-0.4, -0.2) is 31.8 Å². The van der Waals surface area contributed by atoms with E-state index in [1.165, 1.54) is 13.3 Å². The number of amides is 1. The number of hydrazone groups is 1. The standard InChI is InChI=1S/C24H21ClN2O5/c1-16-7-10-18(11-8-16)24(29)32-21-12-9-17(13-22(21)30-2)14-26-27-23(28)15-31-20-6-4-3-5-19(20)25/h3-14H,15H2,1-2H3,(H,27,28). The van der Waals surface area contributed by atoms with Gasteiger partial charge in [-0.3, -0.25) is 4.79 Å². The van der Waals surface area contributed by atoms with Crippen molar-refractivity contribution in [1.82, 2.24) is 5.43 Å². The summed E-state index contributed by atoms with van der Waals surface area (Å²) in [6, 6.07) is 18.8. The molecule has 8 heteroatoms. The number of nitrogens with zero attached hydrogens (tertiary/aromatic N) is 1. The molecule has 0 heterocycles. The van der Waals surface area contributed by atoms with Crippen LogP contribution >= 0.6 is 11.6 Å². The Bertz CT molecular complexity index is 1130. The normalized spacial score (nSPS) is 10.6. The number of nitrogens with one attached hydrogen (secondary N) is 1. The number of aryl methyl sites for hydroxylation is 1. The molecule has 0 fully saturated rings. The largest absolute Gasteiger partial charge is 0.493 e. The highest BCUT2D eigenvalue weighted by molar-refractivity contribution is 6.32. The first-order valence-corrected chi connectivity index (χ1v) is 10.00. The van der Waals surface area contributed by atoms with E-state index in [2.05, 4.69) is 10.5 Å². The highest BCUT2D eigenvalue weighted by Crippen LogP contribution is 2.28. The second kappa shape index (κ2) is 11.0. The van der Waals surface area contributed by atoms with Crippen molar-refractivity contribution in [2.75, 3.05) is 13.7 Å². The van der Waals surface area contributed by atoms with E-state index in [0.29, 0.717) is 27.6 Å². The van der Waals surface area contributed by atoms with Gasteiger partial charge in [-0.25, -0.2) is 10.2 Å². The van der Waals surface area contributed by atoms with Gasteiger partial charge in [0.05, 0.1) is 23.9 Å². The van der Waals surface area contributed by atoms with Crippen molar-refractivity contribution < 1.29 is 23.8 Å². The van der Waals surface area contributed by atoms with E-state index < -0.39 is 11.9 Å². The van der Waals surface area contributed by atoms with Crippen LogP contribution in [0.4, 0.5) is 0 Å². The lowest BCUT2D eigenvalue weighted by Crippen LogP contribution is -2.24. The molecular formula is C24H21ClN2O5. The smallest absolute Gasteiger partial charge is 0.343 e. The summed E-state index contributed by atoms with van der Waals surface area (Å²) in [4.78, 5) is 24.2. The molecule has 1 N–H and O–H groups in total. The van der Waals surface area contributed by atoms with Crippen molar-refractivity contribution in [3.05, 3.63) is 88.4 Å². The quantitative estimate of drug-likeness (QED) is 0.237. The summed E-state index contributed by atoms with van der Waals surface area (Å²) < 4.78 is 16.1. The van der Waals surface area contributed by atoms with Gasteiger partial charge in [0.15, 0.2) is 18.1 Å². The van der Waals surface area contributed by atoms with Crippen molar-refractivity contribution in [1.29, 1.82) is 0 Å². The molecule has 0 aliphatic heterocycles. The molecule has 0 aliphatic carbocycles. The maximum absolute atomic E-state index is 12.3. The van der Waals surface area contributed by atoms with Gasteiger partial charge in [-0.1, -0.05) is 41.4 Å². The predicted octanol–water partition coefficient (Wildman–Crippen LogP) is 4.41. The number of halogens is 1. The molecular weight excluding hydrogens is 432 g/mol. The highest BCUT2D eigenvalue weighted by atomic mass is 35.5. The average molecular weight is 453 g/mol. The molecule has 0 saturated carbocycles. The van der Waals surface area contributed by atoms with E-state index in [0.717, 1.165) is 5.56 Å². The summed E-state index contributed by atoms with van der Waals surface area (Å²) in [6.07, 6.45) is 1.43. The molecule has 3 aromatic carbocycles. The second-order valence-corrected chi connectivity index (χ2v) is 7.09. The number of hydrogen-bond acceptors (Lipinski definition) is 6. The average Bonchev–Trinajstić information content (AvgIpc) is 2.79. The summed E-state index contributed by atoms with van der Waals surface area (Å²) >= 11 is 5.98. The van der Waals surface area contributed by atoms with Gasteiger partial charge in [0.2, 0.25) is 0 Å². The Kier molecular flexibility index (Phi) is 7.83. The molecule has 0 aliphatic rings. The molecule has 164 valence electrons. The number of benzene rings is 3. The molecule has 0 aromatic heterocycles. The summed E-state index contributed by atoms with van der Waals surface area (Å²) in [5, 5.41) is 4.31. The summed E-state index contributed by atoms with van der Waals surface area (Å²) in [7, 11) is 1.47. The molecule has 0 unspecified atom stereocenters. The van der Waals surface area contributed by atoms with Crippen LogP contribution in [0.25, 0.3) is 0 Å². The topological polar surface area (TPSA) is 86.2 Å². The van der Waals surface area contributed by atoms with Gasteiger partial charge in [-0.05, 0) is 55.0 Å². The third-order valence-corrected chi connectivity index (χ3v) is 4.59. The zero-order valence-corrected chi connectivity index (χ0v) is 18.3. The molecule has 3 rings (SSSR count). The van der Waals surface area contributed by atoms with Crippen molar-refractivity contribution in [3.8, 4) is 17.2 Å². The Morgan fingerprint density at radius 2 is 1.75 bits per heavy atom. The second-order valence-electron chi connectivity index (χ2n) is 6.68. The molecule has 32 heavy (non-hydrogen) atoms. The maximum atomic E-state index is 12.3. The van der Waals surface area contributed by atoms with Crippen LogP contribution in [0.3, 0.4) is 0 Å². The lowest BCUT2D eigenvalue weighted by atomic mass is 10.1. The first kappa shape index (κ1) is 22.8. The van der Waals surface area contributed by atoms with Gasteiger partial charge in [-0.15, -0.1) is 0 Å². The number of hydrogen-bond donors (Lipinski definition) is 1. The Morgan fingerprint density at radius 1 is 1.00 bits per heavy atom. The fourth-order valence-corrected chi connectivity index (χ4v) is 2.80. The Labute approximate surface area is 190 Å². The number of carbonyl (C=O) groups excluding carboxylic acids is 2. The lowest BCUT2D eigenvalue weighted by Gasteiger charge is -2.10. The Hall–Kier alpha value is -3.84. The molecule has 7 nitrogen and oxygen atoms in total. The summed E-state index contributed by atoms with van der Waals surface area (Å²) in [6.45, 7) is 1.70. The number of methoxy groups -OCH3 is 1. The Morgan fingerprint density at radius 3 is 2.47 bits per heavy atom. The van der Waals surface area contributed by atoms with E-state index in [1.807, 2.05) is 19.1 Å². The third-order valence-electron chi connectivity index (χ3n) is 4.28. The van der Waals surface area contributed by atoms with Crippen molar-refractivity contribution >= 4 is 29.7 Å². The van der Waals surface area contributed by atoms with Gasteiger partial charge >= 0.3 is 5.97 Å². The van der Waals surface area contributed by atoms with E-state index in [9.17, 15) is 9.59 Å². The Balaban J connectivity index is 1.57. The zero-order chi connectivity index (χ0) is 22.9. The minimum absolute atomic E-state index is 0.238. The molecule has 0 radical (unpaired) electrons. The summed E-state index contributed by atoms with van der Waals surface area (Å²) in [5.41, 5.74) is 4.48.